The van der Waals surface area contributed by atoms with Crippen molar-refractivity contribution in [2.45, 2.75) is 109 Å². The first-order chi connectivity index (χ1) is 22.9. The molecule has 0 atom stereocenters. The second-order valence-corrected chi connectivity index (χ2v) is 7.70. The fourth-order valence-electron chi connectivity index (χ4n) is 2.73. The number of carboxylic acid groups (broad SMARTS) is 4. The largest absolute Gasteiger partial charge is 0.475 e. The van der Waals surface area contributed by atoms with E-state index in [0.29, 0.717) is 23.0 Å². The fraction of sp³-hybridized carbons (Fsp3) is 0.444. The Labute approximate surface area is 304 Å². The van der Waals surface area contributed by atoms with Gasteiger partial charge in [-0.15, -0.1) is 0 Å². The molecule has 0 aromatic carbocycles. The van der Waals surface area contributed by atoms with Crippen LogP contribution in [0.15, 0.2) is 66.2 Å². The van der Waals surface area contributed by atoms with Gasteiger partial charge >= 0.3 is 23.9 Å². The number of carboxylic acids is 4. The molecule has 4 N–H and O–H groups in total. The zero-order valence-electron chi connectivity index (χ0n) is 30.9. The van der Waals surface area contributed by atoms with Gasteiger partial charge in [-0.05, 0) is 48.5 Å². The van der Waals surface area contributed by atoms with Gasteiger partial charge < -0.3 is 38.1 Å². The molecule has 0 amide bonds. The van der Waals surface area contributed by atoms with Crippen LogP contribution in [0.25, 0.3) is 0 Å². The Balaban J connectivity index is -0.000000163. The van der Waals surface area contributed by atoms with Gasteiger partial charge in [-0.2, -0.15) is 0 Å². The van der Waals surface area contributed by atoms with Crippen LogP contribution in [0.3, 0.4) is 0 Å². The summed E-state index contributed by atoms with van der Waals surface area (Å²) in [6, 6.07) is 12.5. The number of furan rings is 4. The maximum atomic E-state index is 10.2. The van der Waals surface area contributed by atoms with Crippen LogP contribution in [0.4, 0.5) is 0 Å². The number of hydrogen-bond donors (Lipinski definition) is 4. The van der Waals surface area contributed by atoms with Crippen LogP contribution >= 0.6 is 0 Å². The minimum atomic E-state index is -1.01. The summed E-state index contributed by atoms with van der Waals surface area (Å²) in [5.74, 6) is -1.19. The number of aromatic carboxylic acids is 4. The van der Waals surface area contributed by atoms with Crippen LogP contribution in [-0.2, 0) is 46.7 Å². The molecule has 49 heavy (non-hydrogen) atoms. The zero-order chi connectivity index (χ0) is 38.2. The first-order valence-corrected chi connectivity index (χ1v) is 16.2. The summed E-state index contributed by atoms with van der Waals surface area (Å²) in [5.41, 5.74) is 0. The van der Waals surface area contributed by atoms with Crippen molar-refractivity contribution in [3.63, 3.8) is 0 Å². The van der Waals surface area contributed by atoms with Gasteiger partial charge in [-0.1, -0.05) is 83.1 Å². The molecule has 278 valence electrons. The smallest absolute Gasteiger partial charge is 0.371 e. The third-order valence-corrected chi connectivity index (χ3v) is 4.88. The SMILES string of the molecule is CC.CC.CC.CC.CCc1ccc(C(=O)O)o1.CCc1ccc(C(=O)O)o1.CCc1ccc(C(=O)O)o1.CCc1ccc(C(=O)O)o1.[W]. The number of carbonyl (C=O) groups is 4. The molecule has 12 nitrogen and oxygen atoms in total. The number of hydrogen-bond acceptors (Lipinski definition) is 8. The molecular formula is C36H56O12W. The fourth-order valence-corrected chi connectivity index (χ4v) is 2.73. The topological polar surface area (TPSA) is 202 Å². The maximum absolute atomic E-state index is 10.2. The summed E-state index contributed by atoms with van der Waals surface area (Å²) >= 11 is 0. The number of aryl methyl sites for hydroxylation is 4. The Bertz CT molecular complexity index is 1170. The van der Waals surface area contributed by atoms with Gasteiger partial charge in [0, 0.05) is 46.7 Å². The first-order valence-electron chi connectivity index (χ1n) is 16.2. The van der Waals surface area contributed by atoms with E-state index in [0.717, 1.165) is 25.7 Å². The maximum Gasteiger partial charge on any atom is 0.371 e. The third kappa shape index (κ3) is 24.5. The minimum Gasteiger partial charge on any atom is -0.475 e. The van der Waals surface area contributed by atoms with E-state index < -0.39 is 23.9 Å². The van der Waals surface area contributed by atoms with Crippen molar-refractivity contribution < 1.29 is 78.3 Å². The summed E-state index contributed by atoms with van der Waals surface area (Å²) in [6.45, 7) is 23.6. The molecule has 4 aromatic rings. The summed E-state index contributed by atoms with van der Waals surface area (Å²) in [5, 5.41) is 33.6. The normalized spacial score (nSPS) is 8.41. The van der Waals surface area contributed by atoms with Crippen LogP contribution in [0.2, 0.25) is 0 Å². The van der Waals surface area contributed by atoms with Gasteiger partial charge in [-0.25, -0.2) is 19.2 Å². The molecular weight excluding hydrogens is 808 g/mol. The summed E-state index contributed by atoms with van der Waals surface area (Å²) in [6.07, 6.45) is 2.92. The van der Waals surface area contributed by atoms with Gasteiger partial charge in [0.1, 0.15) is 23.0 Å². The first kappa shape index (κ1) is 54.2. The molecule has 0 saturated heterocycles. The van der Waals surface area contributed by atoms with E-state index in [-0.39, 0.29) is 44.1 Å². The molecule has 4 rings (SSSR count). The van der Waals surface area contributed by atoms with E-state index in [1.807, 2.05) is 83.1 Å². The van der Waals surface area contributed by atoms with Crippen LogP contribution < -0.4 is 0 Å². The molecule has 4 heterocycles. The standard InChI is InChI=1S/4C7H8O3.4C2H6.W/c4*1-2-5-3-4-6(10-5)7(8)9;4*1-2;/h4*3-4H,2H2,1H3,(H,8,9);4*1-2H3;. The van der Waals surface area contributed by atoms with Gasteiger partial charge in [0.2, 0.25) is 23.0 Å². The van der Waals surface area contributed by atoms with Crippen molar-refractivity contribution in [1.29, 1.82) is 0 Å². The van der Waals surface area contributed by atoms with Crippen LogP contribution in [0.5, 0.6) is 0 Å². The van der Waals surface area contributed by atoms with E-state index in [1.165, 1.54) is 24.3 Å². The molecule has 0 fully saturated rings. The molecule has 0 aliphatic carbocycles. The molecule has 0 bridgehead atoms. The van der Waals surface area contributed by atoms with E-state index in [2.05, 4.69) is 0 Å². The van der Waals surface area contributed by atoms with Crippen molar-refractivity contribution in [3.05, 3.63) is 94.6 Å². The Morgan fingerprint density at radius 3 is 0.592 bits per heavy atom. The van der Waals surface area contributed by atoms with Crippen LogP contribution in [-0.4, -0.2) is 44.3 Å². The quantitative estimate of drug-likeness (QED) is 0.131. The molecule has 13 heteroatoms. The average molecular weight is 865 g/mol. The van der Waals surface area contributed by atoms with Crippen molar-refractivity contribution in [2.75, 3.05) is 0 Å². The van der Waals surface area contributed by atoms with Gasteiger partial charge in [0.25, 0.3) is 0 Å². The molecule has 0 unspecified atom stereocenters. The number of rotatable bonds is 8. The van der Waals surface area contributed by atoms with Crippen LogP contribution in [0.1, 0.15) is 148 Å². The molecule has 0 saturated carbocycles. The van der Waals surface area contributed by atoms with Gasteiger partial charge in [-0.3, -0.25) is 0 Å². The monoisotopic (exact) mass is 864 g/mol. The van der Waals surface area contributed by atoms with E-state index in [4.69, 9.17) is 38.1 Å². The van der Waals surface area contributed by atoms with E-state index in [1.54, 1.807) is 24.3 Å². The summed E-state index contributed by atoms with van der Waals surface area (Å²) in [4.78, 5) is 40.9. The van der Waals surface area contributed by atoms with Gasteiger partial charge in [0.15, 0.2) is 0 Å². The van der Waals surface area contributed by atoms with Crippen molar-refractivity contribution >= 4 is 23.9 Å². The molecule has 0 aliphatic heterocycles. The second kappa shape index (κ2) is 35.0. The van der Waals surface area contributed by atoms with E-state index >= 15 is 0 Å². The Morgan fingerprint density at radius 2 is 0.531 bits per heavy atom. The third-order valence-electron chi connectivity index (χ3n) is 4.88. The summed E-state index contributed by atoms with van der Waals surface area (Å²) < 4.78 is 19.6. The zero-order valence-corrected chi connectivity index (χ0v) is 33.8. The molecule has 0 spiro atoms. The summed E-state index contributed by atoms with van der Waals surface area (Å²) in [7, 11) is 0. The predicted molar refractivity (Wildman–Crippen MR) is 186 cm³/mol. The Hall–Kier alpha value is -4.31. The van der Waals surface area contributed by atoms with E-state index in [9.17, 15) is 19.2 Å². The molecule has 0 radical (unpaired) electrons. The minimum absolute atomic E-state index is 0. The average Bonchev–Trinajstić information content (AvgIpc) is 3.95. The molecule has 0 aliphatic rings. The van der Waals surface area contributed by atoms with Crippen molar-refractivity contribution in [1.82, 2.24) is 0 Å². The van der Waals surface area contributed by atoms with Crippen LogP contribution in [0, 0.1) is 0 Å². The second-order valence-electron chi connectivity index (χ2n) is 7.70. The Morgan fingerprint density at radius 1 is 0.388 bits per heavy atom. The molecule has 4 aromatic heterocycles. The Kier molecular flexibility index (Phi) is 38.7. The predicted octanol–water partition coefficient (Wildman–Crippen LogP) is 10.3. The van der Waals surface area contributed by atoms with Gasteiger partial charge in [0.05, 0.1) is 0 Å². The van der Waals surface area contributed by atoms with Crippen molar-refractivity contribution in [3.8, 4) is 0 Å². The van der Waals surface area contributed by atoms with Crippen molar-refractivity contribution in [2.24, 2.45) is 0 Å².